The smallest absolute Gasteiger partial charge is 0.300 e. The number of hydrogen-bond donors (Lipinski definition) is 2. The van der Waals surface area contributed by atoms with E-state index in [1.165, 1.54) is 48.4 Å². The Hall–Kier alpha value is -4.66. The molecular weight excluding hydrogens is 464 g/mol. The van der Waals surface area contributed by atoms with Gasteiger partial charge in [0.25, 0.3) is 17.4 Å². The number of hydrogen-bond acceptors (Lipinski definition) is 7. The average molecular weight is 488 g/mol. The van der Waals surface area contributed by atoms with Crippen molar-refractivity contribution in [3.63, 3.8) is 0 Å². The summed E-state index contributed by atoms with van der Waals surface area (Å²) in [6.45, 7) is 4.07. The van der Waals surface area contributed by atoms with Crippen molar-refractivity contribution in [1.82, 2.24) is 0 Å². The highest BCUT2D eigenvalue weighted by Crippen LogP contribution is 2.44. The maximum absolute atomic E-state index is 13.3. The molecule has 0 spiro atoms. The van der Waals surface area contributed by atoms with E-state index in [2.05, 4.69) is 0 Å². The number of carbonyl (C=O) groups is 2. The van der Waals surface area contributed by atoms with Crippen molar-refractivity contribution < 1.29 is 29.5 Å². The number of ketones is 1. The molecule has 0 bridgehead atoms. The van der Waals surface area contributed by atoms with Crippen molar-refractivity contribution in [3.05, 3.63) is 99.1 Å². The second kappa shape index (κ2) is 9.53. The number of aliphatic hydroxyl groups is 1. The SMILES string of the molecule is COc1ccc(C2/C(=C(/O)c3ccc([N+](=O)[O-])cc3)C(=O)C(=O)N2c2ccc(C(C)C)cc2)cc1O. The zero-order valence-electron chi connectivity index (χ0n) is 19.8. The van der Waals surface area contributed by atoms with Crippen LogP contribution >= 0.6 is 0 Å². The molecule has 9 heteroatoms. The van der Waals surface area contributed by atoms with Gasteiger partial charge in [-0.3, -0.25) is 24.6 Å². The normalized spacial score (nSPS) is 17.0. The predicted molar refractivity (Wildman–Crippen MR) is 133 cm³/mol. The van der Waals surface area contributed by atoms with Crippen LogP contribution in [0.5, 0.6) is 11.5 Å². The number of nitrogens with zero attached hydrogens (tertiary/aromatic N) is 2. The molecule has 0 aliphatic carbocycles. The number of benzene rings is 3. The van der Waals surface area contributed by atoms with Crippen LogP contribution in [0.15, 0.2) is 72.3 Å². The topological polar surface area (TPSA) is 130 Å². The van der Waals surface area contributed by atoms with Crippen LogP contribution in [0.4, 0.5) is 11.4 Å². The van der Waals surface area contributed by atoms with Gasteiger partial charge < -0.3 is 14.9 Å². The van der Waals surface area contributed by atoms with Crippen LogP contribution in [0.3, 0.4) is 0 Å². The van der Waals surface area contributed by atoms with Crippen molar-refractivity contribution >= 4 is 28.8 Å². The molecule has 9 nitrogen and oxygen atoms in total. The molecule has 1 aliphatic heterocycles. The number of phenolic OH excluding ortho intramolecular Hbond substituents is 1. The number of anilines is 1. The van der Waals surface area contributed by atoms with Crippen LogP contribution in [0, 0.1) is 10.1 Å². The van der Waals surface area contributed by atoms with Crippen molar-refractivity contribution in [2.24, 2.45) is 0 Å². The second-order valence-corrected chi connectivity index (χ2v) is 8.65. The van der Waals surface area contributed by atoms with Gasteiger partial charge in [-0.1, -0.05) is 32.0 Å². The number of methoxy groups -OCH3 is 1. The fourth-order valence-electron chi connectivity index (χ4n) is 4.21. The predicted octanol–water partition coefficient (Wildman–Crippen LogP) is 5.06. The van der Waals surface area contributed by atoms with Gasteiger partial charge in [0.1, 0.15) is 5.76 Å². The number of amides is 1. The van der Waals surface area contributed by atoms with E-state index in [0.717, 1.165) is 5.56 Å². The van der Waals surface area contributed by atoms with Gasteiger partial charge in [0.15, 0.2) is 11.5 Å². The first-order valence-corrected chi connectivity index (χ1v) is 11.2. The van der Waals surface area contributed by atoms with Crippen LogP contribution < -0.4 is 9.64 Å². The molecule has 3 aromatic carbocycles. The zero-order chi connectivity index (χ0) is 26.1. The molecule has 1 unspecified atom stereocenters. The Morgan fingerprint density at radius 1 is 1.03 bits per heavy atom. The standard InChI is InChI=1S/C27H24N2O7/c1-15(2)16-4-9-19(10-5-16)28-24(18-8-13-22(36-3)21(30)14-18)23(26(32)27(28)33)25(31)17-6-11-20(12-7-17)29(34)35/h4-15,24,30-31H,1-3H3/b25-23-. The van der Waals surface area contributed by atoms with Crippen molar-refractivity contribution in [1.29, 1.82) is 0 Å². The highest BCUT2D eigenvalue weighted by molar-refractivity contribution is 6.51. The molecular formula is C27H24N2O7. The van der Waals surface area contributed by atoms with E-state index in [1.807, 2.05) is 26.0 Å². The summed E-state index contributed by atoms with van der Waals surface area (Å²) in [6.07, 6.45) is 0. The van der Waals surface area contributed by atoms with Crippen molar-refractivity contribution in [3.8, 4) is 11.5 Å². The summed E-state index contributed by atoms with van der Waals surface area (Å²) in [5.74, 6) is -2.00. The van der Waals surface area contributed by atoms with Gasteiger partial charge >= 0.3 is 0 Å². The van der Waals surface area contributed by atoms with E-state index in [-0.39, 0.29) is 34.2 Å². The molecule has 1 amide bonds. The Bertz CT molecular complexity index is 1380. The Morgan fingerprint density at radius 2 is 1.67 bits per heavy atom. The number of carbonyl (C=O) groups excluding carboxylic acids is 2. The Morgan fingerprint density at radius 3 is 2.19 bits per heavy atom. The monoisotopic (exact) mass is 488 g/mol. The molecule has 184 valence electrons. The summed E-state index contributed by atoms with van der Waals surface area (Å²) in [5.41, 5.74) is 1.59. The molecule has 1 heterocycles. The summed E-state index contributed by atoms with van der Waals surface area (Å²) in [7, 11) is 1.39. The van der Waals surface area contributed by atoms with Gasteiger partial charge in [0.05, 0.1) is 23.6 Å². The third kappa shape index (κ3) is 4.26. The number of nitro groups is 1. The van der Waals surface area contributed by atoms with Gasteiger partial charge in [-0.15, -0.1) is 0 Å². The number of ether oxygens (including phenoxy) is 1. The van der Waals surface area contributed by atoms with Gasteiger partial charge in [-0.05, 0) is 53.4 Å². The van der Waals surface area contributed by atoms with Gasteiger partial charge in [0.2, 0.25) is 0 Å². The van der Waals surface area contributed by atoms with E-state index in [1.54, 1.807) is 18.2 Å². The van der Waals surface area contributed by atoms with Crippen LogP contribution in [0.1, 0.15) is 42.5 Å². The summed E-state index contributed by atoms with van der Waals surface area (Å²) in [4.78, 5) is 38.2. The lowest BCUT2D eigenvalue weighted by molar-refractivity contribution is -0.384. The van der Waals surface area contributed by atoms with E-state index in [0.29, 0.717) is 11.3 Å². The molecule has 36 heavy (non-hydrogen) atoms. The van der Waals surface area contributed by atoms with E-state index in [9.17, 15) is 29.9 Å². The quantitative estimate of drug-likeness (QED) is 0.163. The van der Waals surface area contributed by atoms with Crippen molar-refractivity contribution in [2.45, 2.75) is 25.8 Å². The highest BCUT2D eigenvalue weighted by Gasteiger charge is 2.47. The minimum atomic E-state index is -1.07. The van der Waals surface area contributed by atoms with E-state index < -0.39 is 28.4 Å². The molecule has 3 aromatic rings. The minimum absolute atomic E-state index is 0.136. The molecule has 4 rings (SSSR count). The fourth-order valence-corrected chi connectivity index (χ4v) is 4.21. The number of rotatable bonds is 6. The molecule has 1 aliphatic rings. The third-order valence-corrected chi connectivity index (χ3v) is 6.15. The Kier molecular flexibility index (Phi) is 6.48. The summed E-state index contributed by atoms with van der Waals surface area (Å²) >= 11 is 0. The first-order chi connectivity index (χ1) is 17.1. The van der Waals surface area contributed by atoms with Gasteiger partial charge in [0, 0.05) is 23.4 Å². The molecule has 1 saturated heterocycles. The number of Topliss-reactive ketones (excluding diaryl/α,β-unsaturated/α-hetero) is 1. The van der Waals surface area contributed by atoms with Crippen LogP contribution in [-0.4, -0.2) is 33.9 Å². The first-order valence-electron chi connectivity index (χ1n) is 11.2. The lowest BCUT2D eigenvalue weighted by Crippen LogP contribution is -2.29. The van der Waals surface area contributed by atoms with Crippen LogP contribution in [0.25, 0.3) is 5.76 Å². The molecule has 0 saturated carbocycles. The van der Waals surface area contributed by atoms with E-state index >= 15 is 0 Å². The molecule has 0 radical (unpaired) electrons. The highest BCUT2D eigenvalue weighted by atomic mass is 16.6. The minimum Gasteiger partial charge on any atom is -0.507 e. The lowest BCUT2D eigenvalue weighted by Gasteiger charge is -2.26. The molecule has 1 atom stereocenters. The number of non-ortho nitro benzene ring substituents is 1. The average Bonchev–Trinajstić information content (AvgIpc) is 3.13. The maximum atomic E-state index is 13.3. The number of aromatic hydroxyl groups is 1. The molecule has 2 N–H and O–H groups in total. The Labute approximate surface area is 207 Å². The number of aliphatic hydroxyl groups excluding tert-OH is 1. The zero-order valence-corrected chi connectivity index (χ0v) is 19.8. The second-order valence-electron chi connectivity index (χ2n) is 8.65. The number of nitro benzene ring substituents is 1. The van der Waals surface area contributed by atoms with Crippen LogP contribution in [-0.2, 0) is 9.59 Å². The maximum Gasteiger partial charge on any atom is 0.300 e. The summed E-state index contributed by atoms with van der Waals surface area (Å²) in [6, 6.07) is 15.6. The molecule has 1 fully saturated rings. The molecule has 0 aromatic heterocycles. The lowest BCUT2D eigenvalue weighted by atomic mass is 9.94. The fraction of sp³-hybridized carbons (Fsp3) is 0.185. The van der Waals surface area contributed by atoms with Crippen molar-refractivity contribution in [2.75, 3.05) is 12.0 Å². The van der Waals surface area contributed by atoms with Gasteiger partial charge in [-0.25, -0.2) is 0 Å². The van der Waals surface area contributed by atoms with Crippen LogP contribution in [0.2, 0.25) is 0 Å². The number of phenols is 1. The summed E-state index contributed by atoms with van der Waals surface area (Å²) < 4.78 is 5.11. The van der Waals surface area contributed by atoms with Gasteiger partial charge in [-0.2, -0.15) is 0 Å². The Balaban J connectivity index is 1.91. The largest absolute Gasteiger partial charge is 0.507 e. The first kappa shape index (κ1) is 24.5. The third-order valence-electron chi connectivity index (χ3n) is 6.15. The van der Waals surface area contributed by atoms with E-state index in [4.69, 9.17) is 4.74 Å². The summed E-state index contributed by atoms with van der Waals surface area (Å²) in [5, 5.41) is 32.6.